The van der Waals surface area contributed by atoms with Crippen molar-refractivity contribution in [1.82, 2.24) is 9.78 Å². The number of aromatic nitrogens is 2. The highest BCUT2D eigenvalue weighted by Gasteiger charge is 2.16. The predicted molar refractivity (Wildman–Crippen MR) is 107 cm³/mol. The van der Waals surface area contributed by atoms with E-state index in [4.69, 9.17) is 28.5 Å². The van der Waals surface area contributed by atoms with Gasteiger partial charge in [-0.2, -0.15) is 10.4 Å². The smallest absolute Gasteiger partial charge is 0.228 e. The highest BCUT2D eigenvalue weighted by atomic mass is 35.5. The normalized spacial score (nSPS) is 10.5. The van der Waals surface area contributed by atoms with E-state index in [-0.39, 0.29) is 12.3 Å². The number of halogens is 2. The van der Waals surface area contributed by atoms with Crippen LogP contribution in [0.2, 0.25) is 10.0 Å². The first-order chi connectivity index (χ1) is 12.9. The van der Waals surface area contributed by atoms with Crippen LogP contribution >= 0.6 is 23.2 Å². The first-order valence-electron chi connectivity index (χ1n) is 8.19. The molecule has 0 radical (unpaired) electrons. The van der Waals surface area contributed by atoms with Crippen LogP contribution < -0.4 is 5.32 Å². The summed E-state index contributed by atoms with van der Waals surface area (Å²) in [5.74, 6) is -0.183. The number of aryl methyl sites for hydroxylation is 1. The lowest BCUT2D eigenvalue weighted by Gasteiger charge is -2.08. The number of amides is 1. The molecule has 0 saturated carbocycles. The van der Waals surface area contributed by atoms with Gasteiger partial charge in [-0.1, -0.05) is 23.2 Å². The number of hydrogen-bond acceptors (Lipinski definition) is 3. The SMILES string of the molecule is Cc1nn(-c2ccc(Cl)cc2)c(C)c1CC(=O)Nc1ccc(C#N)c(Cl)c1. The van der Waals surface area contributed by atoms with Gasteiger partial charge >= 0.3 is 0 Å². The van der Waals surface area contributed by atoms with Crippen LogP contribution in [0.25, 0.3) is 5.69 Å². The maximum Gasteiger partial charge on any atom is 0.228 e. The third-order valence-electron chi connectivity index (χ3n) is 4.22. The second-order valence-corrected chi connectivity index (χ2v) is 6.91. The molecule has 0 aliphatic rings. The first kappa shape index (κ1) is 19.0. The molecule has 0 fully saturated rings. The average molecular weight is 399 g/mol. The summed E-state index contributed by atoms with van der Waals surface area (Å²) >= 11 is 12.0. The molecule has 0 saturated heterocycles. The van der Waals surface area contributed by atoms with Gasteiger partial charge in [-0.25, -0.2) is 4.68 Å². The van der Waals surface area contributed by atoms with E-state index in [1.165, 1.54) is 0 Å². The molecular formula is C20H16Cl2N4O. The molecule has 3 rings (SSSR count). The quantitative estimate of drug-likeness (QED) is 0.682. The van der Waals surface area contributed by atoms with Gasteiger partial charge in [0.2, 0.25) is 5.91 Å². The minimum absolute atomic E-state index is 0.183. The Morgan fingerprint density at radius 2 is 1.89 bits per heavy atom. The Hall–Kier alpha value is -2.81. The summed E-state index contributed by atoms with van der Waals surface area (Å²) in [6.45, 7) is 3.80. The summed E-state index contributed by atoms with van der Waals surface area (Å²) in [7, 11) is 0. The van der Waals surface area contributed by atoms with Crippen molar-refractivity contribution in [3.05, 3.63) is 75.0 Å². The average Bonchev–Trinajstić information content (AvgIpc) is 2.91. The lowest BCUT2D eigenvalue weighted by molar-refractivity contribution is -0.115. The maximum absolute atomic E-state index is 12.5. The van der Waals surface area contributed by atoms with Crippen molar-refractivity contribution in [3.8, 4) is 11.8 Å². The number of nitriles is 1. The third-order valence-corrected chi connectivity index (χ3v) is 4.79. The van der Waals surface area contributed by atoms with Gasteiger partial charge in [-0.05, 0) is 56.3 Å². The zero-order valence-electron chi connectivity index (χ0n) is 14.8. The third kappa shape index (κ3) is 4.13. The number of nitrogens with one attached hydrogen (secondary N) is 1. The van der Waals surface area contributed by atoms with Gasteiger partial charge in [0, 0.05) is 22.0 Å². The second-order valence-electron chi connectivity index (χ2n) is 6.07. The van der Waals surface area contributed by atoms with Crippen molar-refractivity contribution in [2.75, 3.05) is 5.32 Å². The van der Waals surface area contributed by atoms with Crippen LogP contribution in [-0.4, -0.2) is 15.7 Å². The van der Waals surface area contributed by atoms with Crippen molar-refractivity contribution in [1.29, 1.82) is 5.26 Å². The summed E-state index contributed by atoms with van der Waals surface area (Å²) in [4.78, 5) is 12.5. The van der Waals surface area contributed by atoms with E-state index >= 15 is 0 Å². The zero-order chi connectivity index (χ0) is 19.6. The Kier molecular flexibility index (Phi) is 5.50. The monoisotopic (exact) mass is 398 g/mol. The molecule has 0 spiro atoms. The lowest BCUT2D eigenvalue weighted by atomic mass is 10.1. The van der Waals surface area contributed by atoms with Crippen molar-refractivity contribution >= 4 is 34.8 Å². The van der Waals surface area contributed by atoms with E-state index < -0.39 is 0 Å². The number of anilines is 1. The van der Waals surface area contributed by atoms with E-state index in [9.17, 15) is 4.79 Å². The lowest BCUT2D eigenvalue weighted by Crippen LogP contribution is -2.15. The van der Waals surface area contributed by atoms with Crippen LogP contribution in [-0.2, 0) is 11.2 Å². The number of rotatable bonds is 4. The summed E-state index contributed by atoms with van der Waals surface area (Å²) in [6.07, 6.45) is 0.183. The summed E-state index contributed by atoms with van der Waals surface area (Å²) < 4.78 is 1.80. The summed E-state index contributed by atoms with van der Waals surface area (Å²) in [6, 6.07) is 14.1. The minimum atomic E-state index is -0.183. The first-order valence-corrected chi connectivity index (χ1v) is 8.95. The minimum Gasteiger partial charge on any atom is -0.326 e. The maximum atomic E-state index is 12.5. The molecule has 0 atom stereocenters. The van der Waals surface area contributed by atoms with E-state index in [1.807, 2.05) is 32.0 Å². The standard InChI is InChI=1S/C20H16Cl2N4O/c1-12-18(13(2)26(25-12)17-7-4-15(21)5-8-17)10-20(27)24-16-6-3-14(11-23)19(22)9-16/h3-9H,10H2,1-2H3,(H,24,27). The Morgan fingerprint density at radius 1 is 1.19 bits per heavy atom. The molecule has 1 amide bonds. The molecule has 27 heavy (non-hydrogen) atoms. The molecular weight excluding hydrogens is 383 g/mol. The van der Waals surface area contributed by atoms with Crippen LogP contribution in [0.15, 0.2) is 42.5 Å². The van der Waals surface area contributed by atoms with Crippen molar-refractivity contribution in [2.45, 2.75) is 20.3 Å². The van der Waals surface area contributed by atoms with Crippen LogP contribution in [0.3, 0.4) is 0 Å². The molecule has 0 aliphatic heterocycles. The molecule has 1 aromatic heterocycles. The van der Waals surface area contributed by atoms with Crippen molar-refractivity contribution < 1.29 is 4.79 Å². The second kappa shape index (κ2) is 7.83. The summed E-state index contributed by atoms with van der Waals surface area (Å²) in [5.41, 5.74) is 4.33. The highest BCUT2D eigenvalue weighted by molar-refractivity contribution is 6.32. The number of carbonyl (C=O) groups excluding carboxylic acids is 1. The highest BCUT2D eigenvalue weighted by Crippen LogP contribution is 2.22. The van der Waals surface area contributed by atoms with E-state index in [1.54, 1.807) is 35.0 Å². The predicted octanol–water partition coefficient (Wildman–Crippen LogP) is 4.85. The molecule has 5 nitrogen and oxygen atoms in total. The van der Waals surface area contributed by atoms with Crippen LogP contribution in [0, 0.1) is 25.2 Å². The van der Waals surface area contributed by atoms with E-state index in [2.05, 4.69) is 10.4 Å². The molecule has 0 aliphatic carbocycles. The van der Waals surface area contributed by atoms with Crippen LogP contribution in [0.4, 0.5) is 5.69 Å². The van der Waals surface area contributed by atoms with Gasteiger partial charge in [-0.3, -0.25) is 4.79 Å². The number of carbonyl (C=O) groups is 1. The molecule has 0 unspecified atom stereocenters. The molecule has 0 bridgehead atoms. The van der Waals surface area contributed by atoms with E-state index in [0.717, 1.165) is 22.6 Å². The van der Waals surface area contributed by atoms with Crippen LogP contribution in [0.1, 0.15) is 22.5 Å². The Bertz CT molecular complexity index is 1050. The number of nitrogens with zero attached hydrogens (tertiary/aromatic N) is 3. The van der Waals surface area contributed by atoms with Crippen LogP contribution in [0.5, 0.6) is 0 Å². The topological polar surface area (TPSA) is 70.7 Å². The fourth-order valence-corrected chi connectivity index (χ4v) is 3.16. The molecule has 1 N–H and O–H groups in total. The van der Waals surface area contributed by atoms with E-state index in [0.29, 0.717) is 21.3 Å². The fourth-order valence-electron chi connectivity index (χ4n) is 2.81. The molecule has 3 aromatic rings. The Balaban J connectivity index is 1.79. The molecule has 136 valence electrons. The van der Waals surface area contributed by atoms with Crippen molar-refractivity contribution in [2.24, 2.45) is 0 Å². The largest absolute Gasteiger partial charge is 0.326 e. The fraction of sp³-hybridized carbons (Fsp3) is 0.150. The van der Waals surface area contributed by atoms with Gasteiger partial charge in [-0.15, -0.1) is 0 Å². The van der Waals surface area contributed by atoms with Gasteiger partial charge in [0.05, 0.1) is 28.4 Å². The van der Waals surface area contributed by atoms with Gasteiger partial charge in [0.25, 0.3) is 0 Å². The Morgan fingerprint density at radius 3 is 2.52 bits per heavy atom. The summed E-state index contributed by atoms with van der Waals surface area (Å²) in [5, 5.41) is 17.2. The van der Waals surface area contributed by atoms with Gasteiger partial charge < -0.3 is 5.32 Å². The number of hydrogen-bond donors (Lipinski definition) is 1. The molecule has 2 aromatic carbocycles. The number of benzene rings is 2. The molecule has 7 heteroatoms. The van der Waals surface area contributed by atoms with Gasteiger partial charge in [0.1, 0.15) is 6.07 Å². The Labute approximate surface area is 167 Å². The van der Waals surface area contributed by atoms with Gasteiger partial charge in [0.15, 0.2) is 0 Å². The zero-order valence-corrected chi connectivity index (χ0v) is 16.3. The van der Waals surface area contributed by atoms with Crippen molar-refractivity contribution in [3.63, 3.8) is 0 Å². The molecule has 1 heterocycles.